The number of Topliss-reactive ketones (excluding diaryl/α,β-unsaturated/α-hetero) is 1. The number of rotatable bonds is 10. The van der Waals surface area contributed by atoms with Crippen LogP contribution in [0.25, 0.3) is 0 Å². The van der Waals surface area contributed by atoms with E-state index in [1.54, 1.807) is 6.92 Å². The highest BCUT2D eigenvalue weighted by Crippen LogP contribution is 2.27. The molecule has 0 saturated heterocycles. The first-order valence-corrected chi connectivity index (χ1v) is 7.98. The predicted molar refractivity (Wildman–Crippen MR) is 86.0 cm³/mol. The van der Waals surface area contributed by atoms with Crippen LogP contribution in [0.4, 0.5) is 0 Å². The molecule has 6 heteroatoms. The van der Waals surface area contributed by atoms with Gasteiger partial charge in [-0.3, -0.25) is 9.28 Å². The summed E-state index contributed by atoms with van der Waals surface area (Å²) in [6.07, 6.45) is 0.0351. The minimum atomic E-state index is -1.29. The van der Waals surface area contributed by atoms with E-state index in [9.17, 15) is 14.7 Å². The van der Waals surface area contributed by atoms with Gasteiger partial charge in [-0.2, -0.15) is 0 Å². The van der Waals surface area contributed by atoms with Crippen LogP contribution >= 0.6 is 0 Å². The number of aliphatic hydroxyl groups is 1. The van der Waals surface area contributed by atoms with Gasteiger partial charge in [0.1, 0.15) is 6.54 Å². The second-order valence-electron chi connectivity index (χ2n) is 6.85. The number of ketones is 1. The molecule has 130 valence electrons. The molecule has 0 aromatic carbocycles. The summed E-state index contributed by atoms with van der Waals surface area (Å²) in [5.41, 5.74) is -1.29. The van der Waals surface area contributed by atoms with Crippen molar-refractivity contribution in [3.8, 4) is 0 Å². The van der Waals surface area contributed by atoms with Crippen molar-refractivity contribution in [2.24, 2.45) is 0 Å². The second kappa shape index (κ2) is 8.04. The third kappa shape index (κ3) is 5.34. The molecule has 0 aromatic rings. The Kier molecular flexibility index (Phi) is 7.68. The lowest BCUT2D eigenvalue weighted by atomic mass is 10.0. The van der Waals surface area contributed by atoms with Crippen molar-refractivity contribution in [2.75, 3.05) is 53.9 Å². The molecule has 6 nitrogen and oxygen atoms in total. The van der Waals surface area contributed by atoms with E-state index in [-0.39, 0.29) is 29.2 Å². The van der Waals surface area contributed by atoms with Crippen LogP contribution in [0.1, 0.15) is 34.1 Å². The highest BCUT2D eigenvalue weighted by atomic mass is 16.5. The maximum absolute atomic E-state index is 12.4. The number of esters is 1. The fraction of sp³-hybridized carbons (Fsp3) is 0.875. The van der Waals surface area contributed by atoms with Gasteiger partial charge in [-0.25, -0.2) is 4.79 Å². The number of nitrogens with zero attached hydrogens (tertiary/aromatic N) is 2. The normalized spacial score (nSPS) is 15.3. The summed E-state index contributed by atoms with van der Waals surface area (Å²) in [7, 11) is 5.31. The Morgan fingerprint density at radius 3 is 1.91 bits per heavy atom. The molecule has 1 N–H and O–H groups in total. The Balaban J connectivity index is 5.20. The van der Waals surface area contributed by atoms with Crippen LogP contribution in [0.15, 0.2) is 0 Å². The van der Waals surface area contributed by atoms with Gasteiger partial charge in [0, 0.05) is 6.92 Å². The van der Waals surface area contributed by atoms with E-state index < -0.39 is 5.72 Å². The fourth-order valence-corrected chi connectivity index (χ4v) is 2.80. The van der Waals surface area contributed by atoms with Crippen molar-refractivity contribution < 1.29 is 28.4 Å². The van der Waals surface area contributed by atoms with E-state index in [0.717, 1.165) is 6.54 Å². The van der Waals surface area contributed by atoms with E-state index in [1.807, 2.05) is 34.9 Å². The molecule has 1 atom stereocenters. The number of hydrogen-bond donors (Lipinski definition) is 1. The molecule has 0 bridgehead atoms. The molecule has 0 rings (SSSR count). The van der Waals surface area contributed by atoms with Crippen LogP contribution in [0.5, 0.6) is 0 Å². The van der Waals surface area contributed by atoms with Crippen LogP contribution in [-0.2, 0) is 14.3 Å². The van der Waals surface area contributed by atoms with Crippen molar-refractivity contribution in [3.05, 3.63) is 0 Å². The van der Waals surface area contributed by atoms with Crippen molar-refractivity contribution >= 4 is 11.8 Å². The van der Waals surface area contributed by atoms with E-state index in [0.29, 0.717) is 24.1 Å². The molecule has 0 fully saturated rings. The lowest BCUT2D eigenvalue weighted by Gasteiger charge is -2.46. The third-order valence-electron chi connectivity index (χ3n) is 4.88. The molecule has 0 radical (unpaired) electrons. The Morgan fingerprint density at radius 2 is 1.55 bits per heavy atom. The van der Waals surface area contributed by atoms with Crippen molar-refractivity contribution in [3.63, 3.8) is 0 Å². The summed E-state index contributed by atoms with van der Waals surface area (Å²) in [4.78, 5) is 24.1. The molecule has 0 aromatic heterocycles. The zero-order valence-electron chi connectivity index (χ0n) is 15.3. The molecular weight excluding hydrogens is 284 g/mol. The highest BCUT2D eigenvalue weighted by molar-refractivity contribution is 5.80. The lowest BCUT2D eigenvalue weighted by Crippen LogP contribution is -2.66. The van der Waals surface area contributed by atoms with Crippen LogP contribution in [0.2, 0.25) is 0 Å². The van der Waals surface area contributed by atoms with Crippen molar-refractivity contribution in [1.29, 1.82) is 0 Å². The molecule has 0 heterocycles. The number of hydrogen-bond acceptors (Lipinski definition) is 4. The first-order valence-electron chi connectivity index (χ1n) is 7.98. The molecule has 0 spiro atoms. The molecule has 0 aliphatic rings. The number of carbonyl (C=O) groups excluding carboxylic acids is 2. The Hall–Kier alpha value is -0.980. The van der Waals surface area contributed by atoms with Gasteiger partial charge in [0.2, 0.25) is 5.72 Å². The smallest absolute Gasteiger partial charge is 0.361 e. The summed E-state index contributed by atoms with van der Waals surface area (Å²) in [5.74, 6) is -0.368. The van der Waals surface area contributed by atoms with Gasteiger partial charge in [0.15, 0.2) is 12.3 Å². The van der Waals surface area contributed by atoms with Gasteiger partial charge < -0.3 is 14.3 Å². The number of ether oxygens (including phenoxy) is 1. The molecule has 0 aliphatic heterocycles. The largest absolute Gasteiger partial charge is 0.465 e. The van der Waals surface area contributed by atoms with Crippen LogP contribution in [0.3, 0.4) is 0 Å². The summed E-state index contributed by atoms with van der Waals surface area (Å²) in [6, 6.07) is 0. The summed E-state index contributed by atoms with van der Waals surface area (Å²) >= 11 is 0. The average molecular weight is 318 g/mol. The van der Waals surface area contributed by atoms with E-state index in [4.69, 9.17) is 4.74 Å². The van der Waals surface area contributed by atoms with E-state index in [2.05, 4.69) is 0 Å². The van der Waals surface area contributed by atoms with Gasteiger partial charge in [0.05, 0.1) is 47.3 Å². The molecule has 22 heavy (non-hydrogen) atoms. The Labute approximate surface area is 134 Å². The summed E-state index contributed by atoms with van der Waals surface area (Å²) in [6.45, 7) is 9.89. The zero-order valence-corrected chi connectivity index (χ0v) is 15.3. The predicted octanol–water partition coefficient (Wildman–Crippen LogP) is 0.780. The van der Waals surface area contributed by atoms with Gasteiger partial charge in [-0.1, -0.05) is 0 Å². The van der Waals surface area contributed by atoms with E-state index >= 15 is 0 Å². The quantitative estimate of drug-likeness (QED) is 0.367. The number of quaternary nitrogens is 2. The maximum atomic E-state index is 12.4. The minimum Gasteiger partial charge on any atom is -0.465 e. The maximum Gasteiger partial charge on any atom is 0.361 e. The topological polar surface area (TPSA) is 63.6 Å². The first-order chi connectivity index (χ1) is 9.99. The van der Waals surface area contributed by atoms with Crippen molar-refractivity contribution in [2.45, 2.75) is 39.8 Å². The molecular formula is C16H34N2O4+2. The average Bonchev–Trinajstić information content (AvgIpc) is 2.42. The summed E-state index contributed by atoms with van der Waals surface area (Å²) in [5, 5.41) is 10.9. The molecule has 0 saturated carbocycles. The molecule has 1 unspecified atom stereocenters. The van der Waals surface area contributed by atoms with Crippen molar-refractivity contribution in [1.82, 2.24) is 0 Å². The Morgan fingerprint density at radius 1 is 1.05 bits per heavy atom. The third-order valence-corrected chi connectivity index (χ3v) is 4.88. The van der Waals surface area contributed by atoms with Gasteiger partial charge in [-0.15, -0.1) is 0 Å². The minimum absolute atomic E-state index is 0.00566. The van der Waals surface area contributed by atoms with Crippen LogP contribution < -0.4 is 0 Å². The molecule has 0 aliphatic carbocycles. The first kappa shape index (κ1) is 21.0. The van der Waals surface area contributed by atoms with Gasteiger partial charge >= 0.3 is 5.97 Å². The standard InChI is InChI=1S/C16H34N2O4/c1-8-17(5,6)12-14(19)11-16(4,21)18(9-2,10-3)13-15(20)22-7/h21H,8-13H2,1-7H3/q+2. The second-order valence-corrected chi connectivity index (χ2v) is 6.85. The van der Waals surface area contributed by atoms with Gasteiger partial charge in [-0.05, 0) is 20.8 Å². The lowest BCUT2D eigenvalue weighted by molar-refractivity contribution is -0.988. The number of carbonyl (C=O) groups is 2. The van der Waals surface area contributed by atoms with Crippen LogP contribution in [-0.4, -0.2) is 85.5 Å². The molecule has 0 amide bonds. The fourth-order valence-electron chi connectivity index (χ4n) is 2.80. The zero-order chi connectivity index (χ0) is 17.6. The Bertz CT molecular complexity index is 388. The summed E-state index contributed by atoms with van der Waals surface area (Å²) < 4.78 is 5.47. The number of methoxy groups -OCH3 is 1. The van der Waals surface area contributed by atoms with Crippen LogP contribution in [0, 0.1) is 0 Å². The van der Waals surface area contributed by atoms with E-state index in [1.165, 1.54) is 7.11 Å². The number of likely N-dealkylation sites (N-methyl/N-ethyl adjacent to an activating group) is 2. The van der Waals surface area contributed by atoms with Gasteiger partial charge in [0.25, 0.3) is 0 Å². The highest BCUT2D eigenvalue weighted by Gasteiger charge is 2.47. The SMILES string of the molecule is CC[N+](C)(C)CC(=O)CC(C)(O)[N+](CC)(CC)CC(=O)OC. The monoisotopic (exact) mass is 318 g/mol.